The predicted molar refractivity (Wildman–Crippen MR) is 76.5 cm³/mol. The SMILES string of the molecule is c1ccc(CNCC23CC4CC(CC(C4)C2)C3)nc1. The number of rotatable bonds is 4. The first kappa shape index (κ1) is 11.9. The van der Waals surface area contributed by atoms with Crippen molar-refractivity contribution in [2.24, 2.45) is 23.2 Å². The minimum absolute atomic E-state index is 0.642. The van der Waals surface area contributed by atoms with Gasteiger partial charge >= 0.3 is 0 Å². The second kappa shape index (κ2) is 4.59. The van der Waals surface area contributed by atoms with Crippen LogP contribution in [-0.2, 0) is 6.54 Å². The van der Waals surface area contributed by atoms with E-state index in [0.29, 0.717) is 5.41 Å². The molecule has 2 nitrogen and oxygen atoms in total. The Morgan fingerprint density at radius 1 is 1.05 bits per heavy atom. The molecular formula is C17H24N2. The van der Waals surface area contributed by atoms with Crippen molar-refractivity contribution in [2.45, 2.75) is 45.1 Å². The van der Waals surface area contributed by atoms with Crippen LogP contribution in [0.15, 0.2) is 24.4 Å². The lowest BCUT2D eigenvalue weighted by Crippen LogP contribution is -2.50. The molecule has 1 aromatic rings. The van der Waals surface area contributed by atoms with Crippen LogP contribution in [0.2, 0.25) is 0 Å². The number of aromatic nitrogens is 1. The predicted octanol–water partition coefficient (Wildman–Crippen LogP) is 3.39. The maximum atomic E-state index is 4.40. The molecule has 4 fully saturated rings. The number of hydrogen-bond donors (Lipinski definition) is 1. The van der Waals surface area contributed by atoms with Crippen molar-refractivity contribution in [3.63, 3.8) is 0 Å². The van der Waals surface area contributed by atoms with Gasteiger partial charge in [0.1, 0.15) is 0 Å². The zero-order chi connectivity index (χ0) is 12.7. The van der Waals surface area contributed by atoms with E-state index in [1.54, 1.807) is 19.3 Å². The average molecular weight is 256 g/mol. The Bertz CT molecular complexity index is 405. The maximum Gasteiger partial charge on any atom is 0.0541 e. The molecule has 0 radical (unpaired) electrons. The van der Waals surface area contributed by atoms with E-state index in [1.807, 2.05) is 12.3 Å². The lowest BCUT2D eigenvalue weighted by atomic mass is 9.49. The zero-order valence-corrected chi connectivity index (χ0v) is 11.6. The summed E-state index contributed by atoms with van der Waals surface area (Å²) in [4.78, 5) is 4.40. The second-order valence-corrected chi connectivity index (χ2v) is 7.34. The minimum Gasteiger partial charge on any atom is -0.311 e. The van der Waals surface area contributed by atoms with Crippen molar-refractivity contribution >= 4 is 0 Å². The Kier molecular flexibility index (Phi) is 2.87. The highest BCUT2D eigenvalue weighted by atomic mass is 14.9. The van der Waals surface area contributed by atoms with Gasteiger partial charge in [0.2, 0.25) is 0 Å². The molecule has 2 heteroatoms. The fourth-order valence-electron chi connectivity index (χ4n) is 5.46. The van der Waals surface area contributed by atoms with Crippen LogP contribution in [-0.4, -0.2) is 11.5 Å². The summed E-state index contributed by atoms with van der Waals surface area (Å²) in [5.41, 5.74) is 1.82. The van der Waals surface area contributed by atoms with Crippen LogP contribution < -0.4 is 5.32 Å². The lowest BCUT2D eigenvalue weighted by molar-refractivity contribution is -0.0514. The van der Waals surface area contributed by atoms with E-state index in [2.05, 4.69) is 22.4 Å². The molecule has 0 unspecified atom stereocenters. The molecule has 102 valence electrons. The highest BCUT2D eigenvalue weighted by Gasteiger charge is 2.50. The van der Waals surface area contributed by atoms with Crippen molar-refractivity contribution in [1.29, 1.82) is 0 Å². The van der Waals surface area contributed by atoms with Crippen LogP contribution in [0.25, 0.3) is 0 Å². The highest BCUT2D eigenvalue weighted by molar-refractivity contribution is 5.05. The van der Waals surface area contributed by atoms with Crippen molar-refractivity contribution < 1.29 is 0 Å². The monoisotopic (exact) mass is 256 g/mol. The molecule has 4 saturated carbocycles. The molecule has 0 aromatic carbocycles. The Morgan fingerprint density at radius 2 is 1.74 bits per heavy atom. The Hall–Kier alpha value is -0.890. The van der Waals surface area contributed by atoms with Crippen LogP contribution in [0.5, 0.6) is 0 Å². The second-order valence-electron chi connectivity index (χ2n) is 7.34. The summed E-state index contributed by atoms with van der Waals surface area (Å²) in [5, 5.41) is 3.70. The third-order valence-electron chi connectivity index (χ3n) is 5.70. The number of hydrogen-bond acceptors (Lipinski definition) is 2. The molecule has 1 aromatic heterocycles. The van der Waals surface area contributed by atoms with E-state index >= 15 is 0 Å². The van der Waals surface area contributed by atoms with Gasteiger partial charge in [-0.3, -0.25) is 4.98 Å². The molecule has 0 spiro atoms. The molecule has 4 bridgehead atoms. The maximum absolute atomic E-state index is 4.40. The van der Waals surface area contributed by atoms with Crippen LogP contribution >= 0.6 is 0 Å². The van der Waals surface area contributed by atoms with Crippen molar-refractivity contribution in [3.05, 3.63) is 30.1 Å². The standard InChI is InChI=1S/C17H24N2/c1-2-4-19-16(3-1)11-18-12-17-8-13-5-14(9-17)7-15(6-13)10-17/h1-4,13-15,18H,5-12H2. The first-order valence-electron chi connectivity index (χ1n) is 7.92. The lowest BCUT2D eigenvalue weighted by Gasteiger charge is -2.57. The summed E-state index contributed by atoms with van der Waals surface area (Å²) >= 11 is 0. The van der Waals surface area contributed by atoms with Crippen molar-refractivity contribution in [3.8, 4) is 0 Å². The first-order chi connectivity index (χ1) is 9.31. The summed E-state index contributed by atoms with van der Waals surface area (Å²) < 4.78 is 0. The van der Waals surface area contributed by atoms with Gasteiger partial charge in [-0.2, -0.15) is 0 Å². The van der Waals surface area contributed by atoms with Crippen LogP contribution in [0.4, 0.5) is 0 Å². The molecule has 5 rings (SSSR count). The van der Waals surface area contributed by atoms with Gasteiger partial charge in [-0.1, -0.05) is 6.07 Å². The largest absolute Gasteiger partial charge is 0.311 e. The quantitative estimate of drug-likeness (QED) is 0.893. The third kappa shape index (κ3) is 2.31. The van der Waals surface area contributed by atoms with Crippen molar-refractivity contribution in [2.75, 3.05) is 6.54 Å². The van der Waals surface area contributed by atoms with E-state index in [1.165, 1.54) is 31.5 Å². The highest BCUT2D eigenvalue weighted by Crippen LogP contribution is 2.59. The molecule has 4 aliphatic carbocycles. The zero-order valence-electron chi connectivity index (χ0n) is 11.6. The van der Waals surface area contributed by atoms with Gasteiger partial charge in [0, 0.05) is 19.3 Å². The van der Waals surface area contributed by atoms with E-state index in [-0.39, 0.29) is 0 Å². The van der Waals surface area contributed by atoms with Gasteiger partial charge in [-0.25, -0.2) is 0 Å². The molecule has 0 aliphatic heterocycles. The van der Waals surface area contributed by atoms with Gasteiger partial charge in [-0.05, 0) is 73.8 Å². The van der Waals surface area contributed by atoms with E-state index in [4.69, 9.17) is 0 Å². The molecule has 1 N–H and O–H groups in total. The summed E-state index contributed by atoms with van der Waals surface area (Å²) in [6.45, 7) is 2.15. The smallest absolute Gasteiger partial charge is 0.0541 e. The molecule has 0 saturated heterocycles. The molecule has 0 amide bonds. The van der Waals surface area contributed by atoms with Gasteiger partial charge < -0.3 is 5.32 Å². The summed E-state index contributed by atoms with van der Waals surface area (Å²) in [5.74, 6) is 3.17. The summed E-state index contributed by atoms with van der Waals surface area (Å²) in [6, 6.07) is 6.18. The van der Waals surface area contributed by atoms with Gasteiger partial charge in [0.15, 0.2) is 0 Å². The van der Waals surface area contributed by atoms with Crippen molar-refractivity contribution in [1.82, 2.24) is 10.3 Å². The fraction of sp³-hybridized carbons (Fsp3) is 0.706. The molecule has 1 heterocycles. The molecular weight excluding hydrogens is 232 g/mol. The van der Waals surface area contributed by atoms with Crippen LogP contribution in [0, 0.1) is 23.2 Å². The van der Waals surface area contributed by atoms with Crippen LogP contribution in [0.3, 0.4) is 0 Å². The Morgan fingerprint density at radius 3 is 2.32 bits per heavy atom. The van der Waals surface area contributed by atoms with E-state index in [9.17, 15) is 0 Å². The molecule has 19 heavy (non-hydrogen) atoms. The number of pyridine rings is 1. The Labute approximate surface area is 116 Å². The molecule has 0 atom stereocenters. The van der Waals surface area contributed by atoms with Crippen LogP contribution in [0.1, 0.15) is 44.2 Å². The third-order valence-corrected chi connectivity index (χ3v) is 5.70. The minimum atomic E-state index is 0.642. The van der Waals surface area contributed by atoms with Gasteiger partial charge in [0.05, 0.1) is 5.69 Å². The fourth-order valence-corrected chi connectivity index (χ4v) is 5.46. The summed E-state index contributed by atoms with van der Waals surface area (Å²) in [7, 11) is 0. The number of nitrogens with one attached hydrogen (secondary N) is 1. The molecule has 4 aliphatic rings. The van der Waals surface area contributed by atoms with E-state index < -0.39 is 0 Å². The van der Waals surface area contributed by atoms with Gasteiger partial charge in [0.25, 0.3) is 0 Å². The normalized spacial score (nSPS) is 39.7. The summed E-state index contributed by atoms with van der Waals surface area (Å²) in [6.07, 6.45) is 11.0. The topological polar surface area (TPSA) is 24.9 Å². The number of nitrogens with zero attached hydrogens (tertiary/aromatic N) is 1. The Balaban J connectivity index is 1.38. The van der Waals surface area contributed by atoms with E-state index in [0.717, 1.165) is 24.3 Å². The van der Waals surface area contributed by atoms with Gasteiger partial charge in [-0.15, -0.1) is 0 Å². The first-order valence-corrected chi connectivity index (χ1v) is 7.92. The average Bonchev–Trinajstić information content (AvgIpc) is 2.38.